The Balaban J connectivity index is 1.48. The van der Waals surface area contributed by atoms with E-state index >= 15 is 0 Å². The third-order valence-corrected chi connectivity index (χ3v) is 4.80. The monoisotopic (exact) mass is 276 g/mol. The molecule has 1 aromatic rings. The Bertz CT molecular complexity index is 431. The number of nitrogens with one attached hydrogen (secondary N) is 1. The summed E-state index contributed by atoms with van der Waals surface area (Å²) in [5.74, 6) is -0.150. The van der Waals surface area contributed by atoms with E-state index in [0.717, 1.165) is 12.5 Å². The fourth-order valence-corrected chi connectivity index (χ4v) is 3.81. The van der Waals surface area contributed by atoms with E-state index in [0.29, 0.717) is 12.1 Å². The smallest absolute Gasteiger partial charge is 0.123 e. The van der Waals surface area contributed by atoms with E-state index in [1.807, 2.05) is 12.1 Å². The first-order valence-corrected chi connectivity index (χ1v) is 7.95. The maximum Gasteiger partial charge on any atom is 0.123 e. The van der Waals surface area contributed by atoms with Gasteiger partial charge in [-0.2, -0.15) is 0 Å². The summed E-state index contributed by atoms with van der Waals surface area (Å²) >= 11 is 0. The highest BCUT2D eigenvalue weighted by atomic mass is 19.1. The predicted octanol–water partition coefficient (Wildman–Crippen LogP) is 2.97. The number of hydrogen-bond acceptors (Lipinski definition) is 2. The lowest BCUT2D eigenvalue weighted by molar-refractivity contribution is 0.162. The number of halogens is 1. The highest BCUT2D eigenvalue weighted by Gasteiger charge is 2.31. The minimum Gasteiger partial charge on any atom is -0.311 e. The molecule has 2 heterocycles. The fourth-order valence-electron chi connectivity index (χ4n) is 3.81. The van der Waals surface area contributed by atoms with Gasteiger partial charge >= 0.3 is 0 Å². The fraction of sp³-hybridized carbons (Fsp3) is 0.647. The van der Waals surface area contributed by atoms with Crippen molar-refractivity contribution in [3.63, 3.8) is 0 Å². The summed E-state index contributed by atoms with van der Waals surface area (Å²) in [4.78, 5) is 2.66. The summed E-state index contributed by atoms with van der Waals surface area (Å²) < 4.78 is 12.9. The lowest BCUT2D eigenvalue weighted by atomic mass is 9.96. The Labute approximate surface area is 121 Å². The van der Waals surface area contributed by atoms with Crippen LogP contribution in [0.15, 0.2) is 24.3 Å². The Morgan fingerprint density at radius 2 is 2.05 bits per heavy atom. The molecule has 3 atom stereocenters. The standard InChI is InChI=1S/C17H25FN2/c1-13(11-14-4-6-15(18)7-5-14)19-16-8-10-20-9-2-3-17(20)12-16/h4-7,13,16-17,19H,2-3,8-12H2,1H3. The van der Waals surface area contributed by atoms with E-state index in [4.69, 9.17) is 0 Å². The molecule has 0 saturated carbocycles. The Morgan fingerprint density at radius 1 is 1.25 bits per heavy atom. The maximum atomic E-state index is 12.9. The molecule has 2 nitrogen and oxygen atoms in total. The van der Waals surface area contributed by atoms with Crippen molar-refractivity contribution in [2.24, 2.45) is 0 Å². The molecule has 0 amide bonds. The zero-order valence-corrected chi connectivity index (χ0v) is 12.3. The molecule has 0 aromatic heterocycles. The quantitative estimate of drug-likeness (QED) is 0.909. The predicted molar refractivity (Wildman–Crippen MR) is 80.3 cm³/mol. The molecule has 0 radical (unpaired) electrons. The molecule has 3 rings (SSSR count). The van der Waals surface area contributed by atoms with Gasteiger partial charge in [-0.15, -0.1) is 0 Å². The van der Waals surface area contributed by atoms with E-state index < -0.39 is 0 Å². The van der Waals surface area contributed by atoms with Gasteiger partial charge in [0.2, 0.25) is 0 Å². The van der Waals surface area contributed by atoms with Crippen molar-refractivity contribution in [1.29, 1.82) is 0 Å². The van der Waals surface area contributed by atoms with E-state index in [9.17, 15) is 4.39 Å². The van der Waals surface area contributed by atoms with Gasteiger partial charge in [0.1, 0.15) is 5.82 Å². The molecule has 2 fully saturated rings. The van der Waals surface area contributed by atoms with Crippen molar-refractivity contribution in [1.82, 2.24) is 10.2 Å². The highest BCUT2D eigenvalue weighted by Crippen LogP contribution is 2.27. The molecule has 2 aliphatic rings. The first-order chi connectivity index (χ1) is 9.70. The summed E-state index contributed by atoms with van der Waals surface area (Å²) in [5.41, 5.74) is 1.21. The van der Waals surface area contributed by atoms with Gasteiger partial charge in [-0.05, 0) is 69.8 Å². The molecule has 2 aliphatic heterocycles. The van der Waals surface area contributed by atoms with Gasteiger partial charge in [0.05, 0.1) is 0 Å². The zero-order valence-electron chi connectivity index (χ0n) is 12.3. The normalized spacial score (nSPS) is 28.3. The van der Waals surface area contributed by atoms with Crippen LogP contribution in [0.5, 0.6) is 0 Å². The average Bonchev–Trinajstić information content (AvgIpc) is 2.89. The van der Waals surface area contributed by atoms with Crippen LogP contribution in [0.3, 0.4) is 0 Å². The van der Waals surface area contributed by atoms with Crippen LogP contribution in [0.2, 0.25) is 0 Å². The first kappa shape index (κ1) is 14.0. The molecule has 20 heavy (non-hydrogen) atoms. The SMILES string of the molecule is CC(Cc1ccc(F)cc1)NC1CCN2CCCC2C1. The van der Waals surface area contributed by atoms with Crippen molar-refractivity contribution in [2.75, 3.05) is 13.1 Å². The number of piperidine rings is 1. The van der Waals surface area contributed by atoms with Crippen LogP contribution in [0, 0.1) is 5.82 Å². The van der Waals surface area contributed by atoms with Crippen LogP contribution in [-0.2, 0) is 6.42 Å². The number of nitrogens with zero attached hydrogens (tertiary/aromatic N) is 1. The Kier molecular flexibility index (Phi) is 4.37. The van der Waals surface area contributed by atoms with Crippen LogP contribution in [0.1, 0.15) is 38.2 Å². The van der Waals surface area contributed by atoms with E-state index in [1.165, 1.54) is 44.3 Å². The van der Waals surface area contributed by atoms with Crippen molar-refractivity contribution in [2.45, 2.75) is 57.2 Å². The van der Waals surface area contributed by atoms with Gasteiger partial charge in [0.25, 0.3) is 0 Å². The van der Waals surface area contributed by atoms with Crippen LogP contribution in [0.25, 0.3) is 0 Å². The third-order valence-electron chi connectivity index (χ3n) is 4.80. The Morgan fingerprint density at radius 3 is 2.85 bits per heavy atom. The zero-order chi connectivity index (χ0) is 13.9. The van der Waals surface area contributed by atoms with E-state index in [-0.39, 0.29) is 5.82 Å². The molecule has 1 N–H and O–H groups in total. The van der Waals surface area contributed by atoms with Gasteiger partial charge in [-0.3, -0.25) is 0 Å². The third kappa shape index (κ3) is 3.39. The lowest BCUT2D eigenvalue weighted by Crippen LogP contribution is -2.48. The van der Waals surface area contributed by atoms with Crippen molar-refractivity contribution >= 4 is 0 Å². The molecule has 1 aromatic carbocycles. The molecule has 110 valence electrons. The molecule has 0 aliphatic carbocycles. The van der Waals surface area contributed by atoms with Gasteiger partial charge in [-0.25, -0.2) is 4.39 Å². The molecular formula is C17H25FN2. The number of fused-ring (bicyclic) bond motifs is 1. The van der Waals surface area contributed by atoms with Crippen LogP contribution >= 0.6 is 0 Å². The Hall–Kier alpha value is -0.930. The maximum absolute atomic E-state index is 12.9. The molecule has 0 bridgehead atoms. The van der Waals surface area contributed by atoms with Crippen molar-refractivity contribution in [3.8, 4) is 0 Å². The average molecular weight is 276 g/mol. The summed E-state index contributed by atoms with van der Waals surface area (Å²) in [7, 11) is 0. The van der Waals surface area contributed by atoms with Crippen LogP contribution in [0.4, 0.5) is 4.39 Å². The second-order valence-corrected chi connectivity index (χ2v) is 6.45. The molecule has 0 spiro atoms. The van der Waals surface area contributed by atoms with E-state index in [1.54, 1.807) is 12.1 Å². The lowest BCUT2D eigenvalue weighted by Gasteiger charge is -2.36. The molecular weight excluding hydrogens is 251 g/mol. The summed E-state index contributed by atoms with van der Waals surface area (Å²) in [6, 6.07) is 8.83. The van der Waals surface area contributed by atoms with Crippen molar-refractivity contribution in [3.05, 3.63) is 35.6 Å². The minimum absolute atomic E-state index is 0.150. The largest absolute Gasteiger partial charge is 0.311 e. The second kappa shape index (κ2) is 6.23. The molecule has 2 saturated heterocycles. The van der Waals surface area contributed by atoms with E-state index in [2.05, 4.69) is 17.1 Å². The van der Waals surface area contributed by atoms with Gasteiger partial charge in [-0.1, -0.05) is 12.1 Å². The summed E-state index contributed by atoms with van der Waals surface area (Å²) in [6.07, 6.45) is 6.30. The minimum atomic E-state index is -0.150. The van der Waals surface area contributed by atoms with Gasteiger partial charge in [0.15, 0.2) is 0 Å². The number of hydrogen-bond donors (Lipinski definition) is 1. The first-order valence-electron chi connectivity index (χ1n) is 7.95. The van der Waals surface area contributed by atoms with Gasteiger partial charge in [0, 0.05) is 18.1 Å². The van der Waals surface area contributed by atoms with Crippen LogP contribution < -0.4 is 5.32 Å². The highest BCUT2D eigenvalue weighted by molar-refractivity contribution is 5.17. The summed E-state index contributed by atoms with van der Waals surface area (Å²) in [5, 5.41) is 3.77. The van der Waals surface area contributed by atoms with Crippen LogP contribution in [-0.4, -0.2) is 36.1 Å². The topological polar surface area (TPSA) is 15.3 Å². The van der Waals surface area contributed by atoms with Crippen molar-refractivity contribution < 1.29 is 4.39 Å². The molecule has 3 heteroatoms. The van der Waals surface area contributed by atoms with Gasteiger partial charge < -0.3 is 10.2 Å². The second-order valence-electron chi connectivity index (χ2n) is 6.45. The number of rotatable bonds is 4. The number of benzene rings is 1. The summed E-state index contributed by atoms with van der Waals surface area (Å²) in [6.45, 7) is 4.80. The molecule has 3 unspecified atom stereocenters.